The number of benzene rings is 1. The van der Waals surface area contributed by atoms with E-state index in [9.17, 15) is 4.79 Å². The molecule has 0 spiro atoms. The summed E-state index contributed by atoms with van der Waals surface area (Å²) in [6.45, 7) is 6.89. The van der Waals surface area contributed by atoms with E-state index in [1.54, 1.807) is 11.6 Å². The van der Waals surface area contributed by atoms with Crippen LogP contribution in [0.25, 0.3) is 0 Å². The minimum Gasteiger partial charge on any atom is -0.493 e. The molecule has 0 aliphatic heterocycles. The molecule has 0 saturated heterocycles. The molecule has 1 N–H and O–H groups in total. The second-order valence-electron chi connectivity index (χ2n) is 6.24. The van der Waals surface area contributed by atoms with Crippen LogP contribution in [0.3, 0.4) is 0 Å². The van der Waals surface area contributed by atoms with Crippen LogP contribution in [0.5, 0.6) is 5.75 Å². The SMILES string of the molecule is C=CCn1c(CCCOc2ccc(Cl)cc2C)nnc1SCC(=O)Nc1nncs1. The first-order chi connectivity index (χ1) is 14.6. The van der Waals surface area contributed by atoms with Crippen LogP contribution in [0.4, 0.5) is 5.13 Å². The fraction of sp³-hybridized carbons (Fsp3) is 0.316. The quantitative estimate of drug-likeness (QED) is 0.260. The second-order valence-corrected chi connectivity index (χ2v) is 8.45. The number of allylic oxidation sites excluding steroid dienone is 1. The lowest BCUT2D eigenvalue weighted by Gasteiger charge is -2.10. The van der Waals surface area contributed by atoms with Crippen molar-refractivity contribution in [3.63, 3.8) is 0 Å². The Hall–Kier alpha value is -2.43. The Balaban J connectivity index is 1.51. The summed E-state index contributed by atoms with van der Waals surface area (Å²) >= 11 is 8.56. The number of hydrogen-bond acceptors (Lipinski definition) is 8. The van der Waals surface area contributed by atoms with Crippen molar-refractivity contribution >= 4 is 45.7 Å². The van der Waals surface area contributed by atoms with Crippen molar-refractivity contribution in [1.29, 1.82) is 0 Å². The van der Waals surface area contributed by atoms with Crippen molar-refractivity contribution in [1.82, 2.24) is 25.0 Å². The number of nitrogens with one attached hydrogen (secondary N) is 1. The standard InChI is InChI=1S/C19H21ClN6O2S2/c1-3-8-26-16(5-4-9-28-15-7-6-14(20)10-13(15)2)23-25-19(26)29-11-17(27)22-18-24-21-12-30-18/h3,6-7,10,12H,1,4-5,8-9,11H2,2H3,(H,22,24,27). The van der Waals surface area contributed by atoms with Gasteiger partial charge in [-0.1, -0.05) is 40.8 Å². The van der Waals surface area contributed by atoms with Gasteiger partial charge in [-0.25, -0.2) is 0 Å². The third-order valence-electron chi connectivity index (χ3n) is 3.98. The molecule has 0 saturated carbocycles. The highest BCUT2D eigenvalue weighted by molar-refractivity contribution is 7.99. The predicted octanol–water partition coefficient (Wildman–Crippen LogP) is 4.02. The molecule has 8 nitrogen and oxygen atoms in total. The van der Waals surface area contributed by atoms with E-state index in [0.717, 1.165) is 23.6 Å². The lowest BCUT2D eigenvalue weighted by atomic mass is 10.2. The molecular weight excluding hydrogens is 444 g/mol. The number of anilines is 1. The maximum atomic E-state index is 12.1. The number of rotatable bonds is 11. The van der Waals surface area contributed by atoms with Gasteiger partial charge in [-0.05, 0) is 37.1 Å². The summed E-state index contributed by atoms with van der Waals surface area (Å²) in [5.74, 6) is 1.69. The fourth-order valence-electron chi connectivity index (χ4n) is 2.62. The van der Waals surface area contributed by atoms with Gasteiger partial charge in [0.05, 0.1) is 12.4 Å². The Labute approximate surface area is 187 Å². The molecule has 0 fully saturated rings. The van der Waals surface area contributed by atoms with Gasteiger partial charge < -0.3 is 9.30 Å². The third kappa shape index (κ3) is 6.28. The molecule has 0 aliphatic carbocycles. The van der Waals surface area contributed by atoms with Crippen LogP contribution in [0.15, 0.2) is 41.5 Å². The van der Waals surface area contributed by atoms with E-state index < -0.39 is 0 Å². The maximum Gasteiger partial charge on any atom is 0.236 e. The van der Waals surface area contributed by atoms with Crippen molar-refractivity contribution in [3.8, 4) is 5.75 Å². The summed E-state index contributed by atoms with van der Waals surface area (Å²) in [6.07, 6.45) is 3.26. The van der Waals surface area contributed by atoms with Gasteiger partial charge in [0.2, 0.25) is 11.0 Å². The molecule has 30 heavy (non-hydrogen) atoms. The Bertz CT molecular complexity index is 993. The monoisotopic (exact) mass is 464 g/mol. The van der Waals surface area contributed by atoms with Gasteiger partial charge in [0.15, 0.2) is 5.16 Å². The number of halogens is 1. The van der Waals surface area contributed by atoms with E-state index in [4.69, 9.17) is 16.3 Å². The minimum absolute atomic E-state index is 0.168. The van der Waals surface area contributed by atoms with E-state index in [-0.39, 0.29) is 11.7 Å². The Morgan fingerprint density at radius 2 is 2.27 bits per heavy atom. The summed E-state index contributed by atoms with van der Waals surface area (Å²) in [6, 6.07) is 5.57. The summed E-state index contributed by atoms with van der Waals surface area (Å²) < 4.78 is 7.81. The van der Waals surface area contributed by atoms with Crippen LogP contribution in [-0.4, -0.2) is 43.2 Å². The largest absolute Gasteiger partial charge is 0.493 e. The Morgan fingerprint density at radius 1 is 1.40 bits per heavy atom. The topological polar surface area (TPSA) is 94.8 Å². The molecule has 3 rings (SSSR count). The zero-order valence-corrected chi connectivity index (χ0v) is 18.8. The summed E-state index contributed by atoms with van der Waals surface area (Å²) in [5, 5.41) is 20.5. The molecular formula is C19H21ClN6O2S2. The zero-order valence-electron chi connectivity index (χ0n) is 16.4. The van der Waals surface area contributed by atoms with Gasteiger partial charge in [0, 0.05) is 18.0 Å². The number of aryl methyl sites for hydroxylation is 2. The number of amides is 1. The third-order valence-corrected chi connectivity index (χ3v) is 5.79. The molecule has 11 heteroatoms. The lowest BCUT2D eigenvalue weighted by Crippen LogP contribution is -2.14. The average Bonchev–Trinajstić information content (AvgIpc) is 3.35. The normalized spacial score (nSPS) is 10.7. The number of carbonyl (C=O) groups excluding carboxylic acids is 1. The van der Waals surface area contributed by atoms with Crippen molar-refractivity contribution in [2.24, 2.45) is 0 Å². The van der Waals surface area contributed by atoms with E-state index in [1.165, 1.54) is 23.1 Å². The van der Waals surface area contributed by atoms with E-state index in [2.05, 4.69) is 32.3 Å². The van der Waals surface area contributed by atoms with Crippen LogP contribution in [0, 0.1) is 6.92 Å². The van der Waals surface area contributed by atoms with Crippen molar-refractivity contribution in [3.05, 3.63) is 52.8 Å². The number of thioether (sulfide) groups is 1. The lowest BCUT2D eigenvalue weighted by molar-refractivity contribution is -0.113. The number of nitrogens with zero attached hydrogens (tertiary/aromatic N) is 5. The summed E-state index contributed by atoms with van der Waals surface area (Å²) in [5.41, 5.74) is 2.57. The van der Waals surface area contributed by atoms with Crippen LogP contribution in [0.2, 0.25) is 5.02 Å². The summed E-state index contributed by atoms with van der Waals surface area (Å²) in [7, 11) is 0. The van der Waals surface area contributed by atoms with Crippen molar-refractivity contribution in [2.75, 3.05) is 17.7 Å². The fourth-order valence-corrected chi connectivity index (χ4v) is 4.08. The molecule has 1 aromatic carbocycles. The van der Waals surface area contributed by atoms with E-state index in [1.807, 2.05) is 29.7 Å². The molecule has 2 heterocycles. The number of ether oxygens (including phenoxy) is 1. The van der Waals surface area contributed by atoms with Gasteiger partial charge in [0.25, 0.3) is 0 Å². The first-order valence-electron chi connectivity index (χ1n) is 9.17. The van der Waals surface area contributed by atoms with Crippen LogP contribution in [-0.2, 0) is 17.8 Å². The number of aromatic nitrogens is 5. The second kappa shape index (κ2) is 11.1. The highest BCUT2D eigenvalue weighted by Gasteiger charge is 2.14. The first-order valence-corrected chi connectivity index (χ1v) is 11.4. The highest BCUT2D eigenvalue weighted by Crippen LogP contribution is 2.22. The van der Waals surface area contributed by atoms with Crippen LogP contribution >= 0.6 is 34.7 Å². The molecule has 158 valence electrons. The van der Waals surface area contributed by atoms with Gasteiger partial charge in [0.1, 0.15) is 17.1 Å². The number of hydrogen-bond donors (Lipinski definition) is 1. The predicted molar refractivity (Wildman–Crippen MR) is 119 cm³/mol. The Kier molecular flexibility index (Phi) is 8.23. The van der Waals surface area contributed by atoms with Gasteiger partial charge in [-0.2, -0.15) is 0 Å². The molecule has 3 aromatic rings. The Morgan fingerprint density at radius 3 is 3.00 bits per heavy atom. The van der Waals surface area contributed by atoms with E-state index >= 15 is 0 Å². The molecule has 2 aromatic heterocycles. The van der Waals surface area contributed by atoms with E-state index in [0.29, 0.717) is 34.9 Å². The van der Waals surface area contributed by atoms with Crippen molar-refractivity contribution in [2.45, 2.75) is 31.5 Å². The highest BCUT2D eigenvalue weighted by atomic mass is 35.5. The van der Waals surface area contributed by atoms with Crippen LogP contribution < -0.4 is 10.1 Å². The van der Waals surface area contributed by atoms with Gasteiger partial charge >= 0.3 is 0 Å². The molecule has 1 amide bonds. The molecule has 0 bridgehead atoms. The van der Waals surface area contributed by atoms with Gasteiger partial charge in [-0.3, -0.25) is 10.1 Å². The summed E-state index contributed by atoms with van der Waals surface area (Å²) in [4.78, 5) is 12.1. The van der Waals surface area contributed by atoms with Crippen LogP contribution in [0.1, 0.15) is 17.8 Å². The maximum absolute atomic E-state index is 12.1. The first kappa shape index (κ1) is 22.3. The minimum atomic E-state index is -0.168. The zero-order chi connectivity index (χ0) is 21.3. The smallest absolute Gasteiger partial charge is 0.236 e. The van der Waals surface area contributed by atoms with Gasteiger partial charge in [-0.15, -0.1) is 27.0 Å². The molecule has 0 unspecified atom stereocenters. The number of carbonyl (C=O) groups is 1. The average molecular weight is 465 g/mol. The van der Waals surface area contributed by atoms with Crippen molar-refractivity contribution < 1.29 is 9.53 Å². The molecule has 0 radical (unpaired) electrons. The molecule has 0 atom stereocenters. The molecule has 0 aliphatic rings.